The zero-order valence-corrected chi connectivity index (χ0v) is 23.0. The topological polar surface area (TPSA) is 106 Å². The van der Waals surface area contributed by atoms with Gasteiger partial charge in [-0.05, 0) is 31.4 Å². The van der Waals surface area contributed by atoms with Crippen molar-refractivity contribution in [3.8, 4) is 10.6 Å². The number of nitrogens with zero attached hydrogens (tertiary/aromatic N) is 6. The van der Waals surface area contributed by atoms with E-state index in [0.717, 1.165) is 43.4 Å². The third-order valence-electron chi connectivity index (χ3n) is 6.80. The van der Waals surface area contributed by atoms with Crippen LogP contribution in [0, 0.1) is 12.8 Å². The van der Waals surface area contributed by atoms with Crippen LogP contribution in [-0.2, 0) is 16.9 Å². The van der Waals surface area contributed by atoms with Gasteiger partial charge >= 0.3 is 0 Å². The summed E-state index contributed by atoms with van der Waals surface area (Å²) in [4.78, 5) is 16.4. The monoisotopic (exact) mass is 525 g/mol. The van der Waals surface area contributed by atoms with Crippen molar-refractivity contribution < 1.29 is 8.42 Å². The molecule has 3 aromatic heterocycles. The molecule has 190 valence electrons. The van der Waals surface area contributed by atoms with Crippen molar-refractivity contribution in [2.24, 2.45) is 13.0 Å². The van der Waals surface area contributed by atoms with E-state index in [4.69, 9.17) is 4.98 Å². The van der Waals surface area contributed by atoms with E-state index in [0.29, 0.717) is 18.4 Å². The average molecular weight is 526 g/mol. The maximum Gasteiger partial charge on any atom is 0.228 e. The smallest absolute Gasteiger partial charge is 0.228 e. The number of aromatic nitrogens is 5. The second-order valence-electron chi connectivity index (χ2n) is 9.99. The Kier molecular flexibility index (Phi) is 6.24. The van der Waals surface area contributed by atoms with E-state index in [1.165, 1.54) is 17.6 Å². The van der Waals surface area contributed by atoms with Gasteiger partial charge in [0, 0.05) is 55.3 Å². The van der Waals surface area contributed by atoms with Crippen molar-refractivity contribution in [3.63, 3.8) is 0 Å². The quantitative estimate of drug-likeness (QED) is 0.375. The number of fused-ring (bicyclic) bond motifs is 1. The summed E-state index contributed by atoms with van der Waals surface area (Å²) in [6, 6.07) is 4.38. The van der Waals surface area contributed by atoms with Crippen LogP contribution in [0.3, 0.4) is 0 Å². The van der Waals surface area contributed by atoms with Crippen molar-refractivity contribution in [3.05, 3.63) is 42.0 Å². The van der Waals surface area contributed by atoms with Crippen LogP contribution in [0.5, 0.6) is 0 Å². The Labute approximate surface area is 215 Å². The molecule has 0 amide bonds. The van der Waals surface area contributed by atoms with Crippen molar-refractivity contribution in [1.29, 1.82) is 0 Å². The van der Waals surface area contributed by atoms with Gasteiger partial charge in [0.15, 0.2) is 0 Å². The molecule has 0 radical (unpaired) electrons. The Balaban J connectivity index is 1.45. The highest BCUT2D eigenvalue weighted by Gasteiger charge is 2.38. The molecule has 1 saturated heterocycles. The largest absolute Gasteiger partial charge is 0.367 e. The van der Waals surface area contributed by atoms with Crippen LogP contribution in [0.2, 0.25) is 0 Å². The number of aryl methyl sites for hydroxylation is 2. The second kappa shape index (κ2) is 9.11. The van der Waals surface area contributed by atoms with E-state index in [-0.39, 0.29) is 17.7 Å². The number of benzene rings is 1. The molecule has 0 bridgehead atoms. The number of hydrogen-bond acceptors (Lipinski definition) is 9. The molecule has 0 aliphatic carbocycles. The van der Waals surface area contributed by atoms with Gasteiger partial charge in [0.2, 0.25) is 5.95 Å². The Bertz CT molecular complexity index is 1540. The van der Waals surface area contributed by atoms with Crippen molar-refractivity contribution >= 4 is 48.7 Å². The Morgan fingerprint density at radius 3 is 2.64 bits per heavy atom. The van der Waals surface area contributed by atoms with E-state index in [1.54, 1.807) is 10.9 Å². The van der Waals surface area contributed by atoms with Crippen LogP contribution in [-0.4, -0.2) is 57.7 Å². The summed E-state index contributed by atoms with van der Waals surface area (Å²) >= 11 is 1.54. The van der Waals surface area contributed by atoms with Crippen molar-refractivity contribution in [2.45, 2.75) is 39.7 Å². The summed E-state index contributed by atoms with van der Waals surface area (Å²) in [5.41, 5.74) is 5.06. The van der Waals surface area contributed by atoms with Gasteiger partial charge in [-0.2, -0.15) is 5.10 Å². The Morgan fingerprint density at radius 2 is 2.00 bits per heavy atom. The third kappa shape index (κ3) is 4.69. The first-order valence-electron chi connectivity index (χ1n) is 12.0. The minimum Gasteiger partial charge on any atom is -0.367 e. The molecule has 36 heavy (non-hydrogen) atoms. The highest BCUT2D eigenvalue weighted by molar-refractivity contribution is 7.90. The average Bonchev–Trinajstić information content (AvgIpc) is 3.39. The van der Waals surface area contributed by atoms with Crippen molar-refractivity contribution in [1.82, 2.24) is 24.7 Å². The molecule has 2 atom stereocenters. The molecule has 1 aromatic carbocycles. The van der Waals surface area contributed by atoms with E-state index >= 15 is 0 Å². The Morgan fingerprint density at radius 1 is 1.22 bits per heavy atom. The zero-order valence-electron chi connectivity index (χ0n) is 21.3. The lowest BCUT2D eigenvalue weighted by molar-refractivity contribution is 0.342. The van der Waals surface area contributed by atoms with E-state index in [2.05, 4.69) is 58.2 Å². The maximum absolute atomic E-state index is 11.8. The number of nitrogens with one attached hydrogen (secondary N) is 1. The zero-order chi connectivity index (χ0) is 25.8. The fourth-order valence-electron chi connectivity index (χ4n) is 4.87. The molecule has 4 heterocycles. The van der Waals surface area contributed by atoms with Gasteiger partial charge < -0.3 is 10.2 Å². The fraction of sp³-hybridized carbons (Fsp3) is 0.440. The lowest BCUT2D eigenvalue weighted by Crippen LogP contribution is -2.57. The maximum atomic E-state index is 11.8. The number of hydrogen-bond donors (Lipinski definition) is 1. The van der Waals surface area contributed by atoms with Gasteiger partial charge in [-0.15, -0.1) is 0 Å². The van der Waals surface area contributed by atoms with Crippen LogP contribution in [0.1, 0.15) is 37.9 Å². The lowest BCUT2D eigenvalue weighted by atomic mass is 9.89. The predicted octanol–water partition coefficient (Wildman–Crippen LogP) is 4.53. The first-order chi connectivity index (χ1) is 17.0. The molecule has 0 unspecified atom stereocenters. The van der Waals surface area contributed by atoms with Gasteiger partial charge in [-0.25, -0.2) is 23.4 Å². The van der Waals surface area contributed by atoms with Crippen LogP contribution in [0.25, 0.3) is 21.5 Å². The van der Waals surface area contributed by atoms with Gasteiger partial charge in [0.1, 0.15) is 19.8 Å². The number of thiazole rings is 1. The standard InChI is InChI=1S/C25H31N7O2S2/c1-14(2)18-7-8-21(32-11-17(16(32)4)13-36(6,33)34)19-9-27-25(29-23(18)19)28-22-10-26-24(35-22)20-12-31(5)30-15(20)3/h7-10,12,14,16-17H,11,13H2,1-6H3,(H,27,28,29)/t16-,17-/m1/s1. The third-order valence-corrected chi connectivity index (χ3v) is 8.78. The molecule has 9 nitrogen and oxygen atoms in total. The first-order valence-corrected chi connectivity index (χ1v) is 14.9. The van der Waals surface area contributed by atoms with Gasteiger partial charge in [-0.1, -0.05) is 31.3 Å². The van der Waals surface area contributed by atoms with E-state index in [1.807, 2.05) is 26.4 Å². The van der Waals surface area contributed by atoms with Gasteiger partial charge in [0.25, 0.3) is 0 Å². The summed E-state index contributed by atoms with van der Waals surface area (Å²) in [5.74, 6) is 1.16. The lowest BCUT2D eigenvalue weighted by Gasteiger charge is -2.48. The summed E-state index contributed by atoms with van der Waals surface area (Å²) in [6.45, 7) is 9.09. The van der Waals surface area contributed by atoms with Crippen LogP contribution in [0.4, 0.5) is 16.6 Å². The molecular formula is C25H31N7O2S2. The SMILES string of the molecule is Cc1nn(C)cc1-c1ncc(Nc2ncc3c(N4C[C@H](CS(C)(=O)=O)[C@H]4C)ccc(C(C)C)c3n2)s1. The molecule has 1 aliphatic rings. The van der Waals surface area contributed by atoms with E-state index in [9.17, 15) is 8.42 Å². The van der Waals surface area contributed by atoms with Gasteiger partial charge in [-0.3, -0.25) is 4.68 Å². The van der Waals surface area contributed by atoms with Crippen molar-refractivity contribution in [2.75, 3.05) is 28.8 Å². The predicted molar refractivity (Wildman–Crippen MR) is 146 cm³/mol. The van der Waals surface area contributed by atoms with Crippen LogP contribution in [0.15, 0.2) is 30.7 Å². The molecule has 5 rings (SSSR count). The molecule has 11 heteroatoms. The molecule has 1 aliphatic heterocycles. The summed E-state index contributed by atoms with van der Waals surface area (Å²) < 4.78 is 25.4. The highest BCUT2D eigenvalue weighted by Crippen LogP contribution is 2.39. The number of anilines is 3. The van der Waals surface area contributed by atoms with E-state index < -0.39 is 9.84 Å². The first kappa shape index (κ1) is 24.6. The highest BCUT2D eigenvalue weighted by atomic mass is 32.2. The van der Waals surface area contributed by atoms with Crippen LogP contribution >= 0.6 is 11.3 Å². The molecule has 0 spiro atoms. The number of sulfone groups is 1. The summed E-state index contributed by atoms with van der Waals surface area (Å²) in [5, 5.41) is 10.5. The minimum absolute atomic E-state index is 0.130. The molecular weight excluding hydrogens is 494 g/mol. The molecule has 4 aromatic rings. The molecule has 1 N–H and O–H groups in total. The summed E-state index contributed by atoms with van der Waals surface area (Å²) in [6.07, 6.45) is 6.94. The van der Waals surface area contributed by atoms with Crippen LogP contribution < -0.4 is 10.2 Å². The number of rotatable bonds is 7. The second-order valence-corrected chi connectivity index (χ2v) is 13.2. The van der Waals surface area contributed by atoms with Gasteiger partial charge in [0.05, 0.1) is 28.7 Å². The molecule has 0 saturated carbocycles. The Hall–Kier alpha value is -3.05. The minimum atomic E-state index is -3.00. The summed E-state index contributed by atoms with van der Waals surface area (Å²) in [7, 11) is -1.10. The normalized spacial score (nSPS) is 18.1. The molecule has 1 fully saturated rings. The fourth-order valence-corrected chi connectivity index (χ4v) is 6.90.